The fraction of sp³-hybridized carbons (Fsp3) is 0.538. The van der Waals surface area contributed by atoms with E-state index >= 15 is 0 Å². The second-order valence-electron chi connectivity index (χ2n) is 4.88. The molecule has 0 aliphatic carbocycles. The van der Waals surface area contributed by atoms with Gasteiger partial charge in [0.2, 0.25) is 10.0 Å². The normalized spacial score (nSPS) is 18.4. The summed E-state index contributed by atoms with van der Waals surface area (Å²) in [4.78, 5) is 2.44. The highest BCUT2D eigenvalue weighted by Crippen LogP contribution is 2.21. The van der Waals surface area contributed by atoms with Crippen molar-refractivity contribution in [1.29, 1.82) is 0 Å². The van der Waals surface area contributed by atoms with Crippen molar-refractivity contribution in [2.45, 2.75) is 11.8 Å². The second-order valence-corrected chi connectivity index (χ2v) is 7.98. The van der Waals surface area contributed by atoms with Crippen molar-refractivity contribution >= 4 is 32.6 Å². The SMILES string of the molecule is Cc1cc(S(=O)(=O)N2CCN(CCO)CC2)ccc1I. The third kappa shape index (κ3) is 3.51. The van der Waals surface area contributed by atoms with Crippen LogP contribution in [0.4, 0.5) is 0 Å². The number of β-amino-alcohol motifs (C(OH)–C–C–N with tert-alkyl or cyclic N) is 1. The molecule has 0 aromatic heterocycles. The highest BCUT2D eigenvalue weighted by atomic mass is 127. The van der Waals surface area contributed by atoms with Crippen LogP contribution < -0.4 is 0 Å². The van der Waals surface area contributed by atoms with Gasteiger partial charge in [0.25, 0.3) is 0 Å². The number of benzene rings is 1. The van der Waals surface area contributed by atoms with E-state index in [2.05, 4.69) is 27.5 Å². The zero-order valence-electron chi connectivity index (χ0n) is 11.4. The lowest BCUT2D eigenvalue weighted by atomic mass is 10.2. The average molecular weight is 410 g/mol. The van der Waals surface area contributed by atoms with Crippen molar-refractivity contribution in [3.8, 4) is 0 Å². The Morgan fingerprint density at radius 3 is 2.45 bits per heavy atom. The predicted molar refractivity (Wildman–Crippen MR) is 86.2 cm³/mol. The van der Waals surface area contributed by atoms with Gasteiger partial charge >= 0.3 is 0 Å². The summed E-state index contributed by atoms with van der Waals surface area (Å²) in [6.45, 7) is 4.94. The number of hydrogen-bond acceptors (Lipinski definition) is 4. The van der Waals surface area contributed by atoms with Gasteiger partial charge in [-0.15, -0.1) is 0 Å². The van der Waals surface area contributed by atoms with Gasteiger partial charge in [-0.2, -0.15) is 4.31 Å². The van der Waals surface area contributed by atoms with Crippen LogP contribution >= 0.6 is 22.6 Å². The highest BCUT2D eigenvalue weighted by molar-refractivity contribution is 14.1. The highest BCUT2D eigenvalue weighted by Gasteiger charge is 2.28. The minimum Gasteiger partial charge on any atom is -0.395 e. The van der Waals surface area contributed by atoms with E-state index in [1.165, 1.54) is 4.31 Å². The molecule has 5 nitrogen and oxygen atoms in total. The molecule has 1 fully saturated rings. The van der Waals surface area contributed by atoms with E-state index in [1.807, 2.05) is 13.0 Å². The van der Waals surface area contributed by atoms with Crippen molar-refractivity contribution in [2.75, 3.05) is 39.3 Å². The number of rotatable bonds is 4. The summed E-state index contributed by atoms with van der Waals surface area (Å²) in [5, 5.41) is 8.90. The van der Waals surface area contributed by atoms with Gasteiger partial charge in [-0.25, -0.2) is 8.42 Å². The van der Waals surface area contributed by atoms with Gasteiger partial charge in [-0.05, 0) is 53.3 Å². The minimum atomic E-state index is -3.40. The molecule has 0 amide bonds. The first-order valence-electron chi connectivity index (χ1n) is 6.54. The van der Waals surface area contributed by atoms with Crippen LogP contribution in [-0.2, 0) is 10.0 Å². The van der Waals surface area contributed by atoms with Crippen molar-refractivity contribution in [1.82, 2.24) is 9.21 Å². The Kier molecular flexibility index (Phi) is 5.41. The molecule has 1 aliphatic rings. The molecule has 0 saturated carbocycles. The molecule has 0 atom stereocenters. The zero-order valence-corrected chi connectivity index (χ0v) is 14.4. The maximum Gasteiger partial charge on any atom is 0.243 e. The molecule has 0 radical (unpaired) electrons. The topological polar surface area (TPSA) is 60.9 Å². The quantitative estimate of drug-likeness (QED) is 0.750. The number of sulfonamides is 1. The van der Waals surface area contributed by atoms with E-state index in [0.29, 0.717) is 37.6 Å². The first kappa shape index (κ1) is 16.2. The standard InChI is InChI=1S/C13H19IN2O3S/c1-11-10-12(2-3-13(11)14)20(18,19)16-6-4-15(5-7-16)8-9-17/h2-3,10,17H,4-9H2,1H3. The van der Waals surface area contributed by atoms with Gasteiger partial charge in [-0.3, -0.25) is 4.90 Å². The van der Waals surface area contributed by atoms with Crippen molar-refractivity contribution in [3.63, 3.8) is 0 Å². The molecule has 1 saturated heterocycles. The number of piperazine rings is 1. The lowest BCUT2D eigenvalue weighted by Crippen LogP contribution is -2.49. The van der Waals surface area contributed by atoms with E-state index in [0.717, 1.165) is 9.13 Å². The first-order valence-corrected chi connectivity index (χ1v) is 9.06. The first-order chi connectivity index (χ1) is 9.45. The summed E-state index contributed by atoms with van der Waals surface area (Å²) in [5.41, 5.74) is 0.977. The Morgan fingerprint density at radius 1 is 1.25 bits per heavy atom. The largest absolute Gasteiger partial charge is 0.395 e. The Labute approximate surface area is 133 Å². The Morgan fingerprint density at radius 2 is 1.90 bits per heavy atom. The summed E-state index contributed by atoms with van der Waals surface area (Å²) in [5.74, 6) is 0. The number of hydrogen-bond donors (Lipinski definition) is 1. The van der Waals surface area contributed by atoms with Gasteiger partial charge in [0.05, 0.1) is 11.5 Å². The molecular formula is C13H19IN2O3S. The van der Waals surface area contributed by atoms with Gasteiger partial charge in [0.15, 0.2) is 0 Å². The van der Waals surface area contributed by atoms with Crippen LogP contribution in [0.5, 0.6) is 0 Å². The fourth-order valence-corrected chi connectivity index (χ4v) is 4.10. The maximum absolute atomic E-state index is 12.6. The van der Waals surface area contributed by atoms with E-state index in [9.17, 15) is 8.42 Å². The molecule has 0 unspecified atom stereocenters. The van der Waals surface area contributed by atoms with Crippen LogP contribution in [-0.4, -0.2) is 62.1 Å². The van der Waals surface area contributed by atoms with Crippen molar-refractivity contribution in [2.24, 2.45) is 0 Å². The molecule has 1 heterocycles. The molecule has 1 aromatic carbocycles. The van der Waals surface area contributed by atoms with Crippen LogP contribution in [0.2, 0.25) is 0 Å². The lowest BCUT2D eigenvalue weighted by Gasteiger charge is -2.33. The Hall–Kier alpha value is -0.220. The monoisotopic (exact) mass is 410 g/mol. The summed E-state index contributed by atoms with van der Waals surface area (Å²) in [7, 11) is -3.40. The predicted octanol–water partition coefficient (Wildman–Crippen LogP) is 0.898. The fourth-order valence-electron chi connectivity index (χ4n) is 2.26. The van der Waals surface area contributed by atoms with Gasteiger partial charge in [0, 0.05) is 36.3 Å². The van der Waals surface area contributed by atoms with Gasteiger partial charge in [0.1, 0.15) is 0 Å². The molecule has 0 bridgehead atoms. The minimum absolute atomic E-state index is 0.114. The smallest absolute Gasteiger partial charge is 0.243 e. The second kappa shape index (κ2) is 6.69. The van der Waals surface area contributed by atoms with Crippen molar-refractivity contribution in [3.05, 3.63) is 27.3 Å². The number of halogens is 1. The van der Waals surface area contributed by atoms with E-state index in [4.69, 9.17) is 5.11 Å². The maximum atomic E-state index is 12.6. The van der Waals surface area contributed by atoms with Crippen LogP contribution in [0.1, 0.15) is 5.56 Å². The third-order valence-corrected chi connectivity index (χ3v) is 6.62. The number of nitrogens with zero attached hydrogens (tertiary/aromatic N) is 2. The molecule has 20 heavy (non-hydrogen) atoms. The molecular weight excluding hydrogens is 391 g/mol. The summed E-state index contributed by atoms with van der Waals surface area (Å²) < 4.78 is 27.7. The van der Waals surface area contributed by atoms with Crippen LogP contribution in [0.25, 0.3) is 0 Å². The molecule has 1 aliphatic heterocycles. The molecule has 0 spiro atoms. The number of aliphatic hydroxyl groups is 1. The molecule has 2 rings (SSSR count). The number of aryl methyl sites for hydroxylation is 1. The van der Waals surface area contributed by atoms with Crippen molar-refractivity contribution < 1.29 is 13.5 Å². The Balaban J connectivity index is 2.13. The van der Waals surface area contributed by atoms with E-state index in [1.54, 1.807) is 12.1 Å². The molecule has 1 N–H and O–H groups in total. The molecule has 7 heteroatoms. The van der Waals surface area contributed by atoms with Gasteiger partial charge < -0.3 is 5.11 Å². The zero-order chi connectivity index (χ0) is 14.8. The van der Waals surface area contributed by atoms with Crippen LogP contribution in [0.15, 0.2) is 23.1 Å². The summed E-state index contributed by atoms with van der Waals surface area (Å²) in [6, 6.07) is 5.24. The number of aliphatic hydroxyl groups excluding tert-OH is 1. The molecule has 1 aromatic rings. The molecule has 112 valence electrons. The van der Waals surface area contributed by atoms with Crippen LogP contribution in [0.3, 0.4) is 0 Å². The summed E-state index contributed by atoms with van der Waals surface area (Å²) in [6.07, 6.45) is 0. The lowest BCUT2D eigenvalue weighted by molar-refractivity contribution is 0.151. The van der Waals surface area contributed by atoms with Gasteiger partial charge in [-0.1, -0.05) is 0 Å². The van der Waals surface area contributed by atoms with E-state index < -0.39 is 10.0 Å². The summed E-state index contributed by atoms with van der Waals surface area (Å²) >= 11 is 2.20. The third-order valence-electron chi connectivity index (χ3n) is 3.51. The average Bonchev–Trinajstić information content (AvgIpc) is 2.43. The van der Waals surface area contributed by atoms with Crippen LogP contribution in [0, 0.1) is 10.5 Å². The Bertz CT molecular complexity index is 569. The van der Waals surface area contributed by atoms with E-state index in [-0.39, 0.29) is 6.61 Å².